The molecule has 2 N–H and O–H groups in total. The zero-order valence-corrected chi connectivity index (χ0v) is 14.2. The van der Waals surface area contributed by atoms with Gasteiger partial charge < -0.3 is 15.3 Å². The first-order chi connectivity index (χ1) is 11.5. The smallest absolute Gasteiger partial charge is 0.313 e. The third-order valence-corrected chi connectivity index (χ3v) is 3.98. The number of aliphatic hydroxyl groups excluding tert-OH is 1. The van der Waals surface area contributed by atoms with Gasteiger partial charge in [-0.2, -0.15) is 0 Å². The summed E-state index contributed by atoms with van der Waals surface area (Å²) >= 11 is 11.7. The van der Waals surface area contributed by atoms with Crippen LogP contribution in [-0.2, 0) is 16.1 Å². The average molecular weight is 367 g/mol. The lowest BCUT2D eigenvalue weighted by molar-refractivity contribution is -0.143. The molecule has 0 saturated heterocycles. The van der Waals surface area contributed by atoms with Gasteiger partial charge in [-0.1, -0.05) is 53.5 Å². The maximum absolute atomic E-state index is 12.3. The first kappa shape index (κ1) is 18.3. The van der Waals surface area contributed by atoms with Crippen molar-refractivity contribution in [3.8, 4) is 0 Å². The monoisotopic (exact) mass is 366 g/mol. The van der Waals surface area contributed by atoms with Crippen LogP contribution in [0.3, 0.4) is 0 Å². The molecule has 0 aromatic heterocycles. The Morgan fingerprint density at radius 1 is 1.04 bits per heavy atom. The predicted octanol–water partition coefficient (Wildman–Crippen LogP) is 2.95. The topological polar surface area (TPSA) is 69.6 Å². The minimum absolute atomic E-state index is 0.0581. The summed E-state index contributed by atoms with van der Waals surface area (Å²) in [5.41, 5.74) is 1.23. The minimum Gasteiger partial charge on any atom is -0.395 e. The highest BCUT2D eigenvalue weighted by molar-refractivity contribution is 6.42. The fraction of sp³-hybridized carbons (Fsp3) is 0.176. The van der Waals surface area contributed by atoms with Crippen molar-refractivity contribution in [3.63, 3.8) is 0 Å². The van der Waals surface area contributed by atoms with E-state index in [1.807, 2.05) is 30.3 Å². The van der Waals surface area contributed by atoms with E-state index in [9.17, 15) is 9.59 Å². The number of halogens is 2. The van der Waals surface area contributed by atoms with Gasteiger partial charge in [0.15, 0.2) is 0 Å². The van der Waals surface area contributed by atoms with Gasteiger partial charge in [0, 0.05) is 18.8 Å². The Balaban J connectivity index is 2.07. The molecule has 0 aliphatic heterocycles. The molecule has 126 valence electrons. The van der Waals surface area contributed by atoms with Crippen molar-refractivity contribution in [3.05, 3.63) is 64.1 Å². The Hall–Kier alpha value is -2.08. The van der Waals surface area contributed by atoms with E-state index in [-0.39, 0.29) is 24.7 Å². The van der Waals surface area contributed by atoms with Gasteiger partial charge in [0.2, 0.25) is 0 Å². The summed E-state index contributed by atoms with van der Waals surface area (Å²) in [6.07, 6.45) is 0. The molecule has 0 unspecified atom stereocenters. The van der Waals surface area contributed by atoms with Gasteiger partial charge in [0.25, 0.3) is 0 Å². The predicted molar refractivity (Wildman–Crippen MR) is 94.0 cm³/mol. The molecular weight excluding hydrogens is 351 g/mol. The van der Waals surface area contributed by atoms with Crippen LogP contribution in [0.4, 0.5) is 5.69 Å². The third kappa shape index (κ3) is 4.96. The van der Waals surface area contributed by atoms with Crippen LogP contribution in [-0.4, -0.2) is 35.0 Å². The Bertz CT molecular complexity index is 723. The Kier molecular flexibility index (Phi) is 6.61. The molecule has 0 heterocycles. The van der Waals surface area contributed by atoms with Gasteiger partial charge in [0.05, 0.1) is 16.7 Å². The van der Waals surface area contributed by atoms with Gasteiger partial charge in [-0.25, -0.2) is 0 Å². The summed E-state index contributed by atoms with van der Waals surface area (Å²) in [6.45, 7) is 0.0518. The van der Waals surface area contributed by atoms with E-state index in [1.54, 1.807) is 6.07 Å². The fourth-order valence-corrected chi connectivity index (χ4v) is 2.38. The molecule has 2 aromatic rings. The lowest BCUT2D eigenvalue weighted by atomic mass is 10.2. The normalized spacial score (nSPS) is 10.3. The quantitative estimate of drug-likeness (QED) is 0.799. The van der Waals surface area contributed by atoms with Crippen LogP contribution < -0.4 is 5.32 Å². The van der Waals surface area contributed by atoms with Crippen molar-refractivity contribution in [1.29, 1.82) is 0 Å². The molecule has 0 saturated carbocycles. The van der Waals surface area contributed by atoms with Crippen molar-refractivity contribution in [2.75, 3.05) is 18.5 Å². The second kappa shape index (κ2) is 8.68. The Morgan fingerprint density at radius 2 is 1.75 bits per heavy atom. The average Bonchev–Trinajstić information content (AvgIpc) is 2.58. The molecule has 2 rings (SSSR count). The van der Waals surface area contributed by atoms with Crippen molar-refractivity contribution in [2.24, 2.45) is 0 Å². The first-order valence-corrected chi connectivity index (χ1v) is 7.97. The number of hydrogen-bond donors (Lipinski definition) is 2. The van der Waals surface area contributed by atoms with E-state index in [0.29, 0.717) is 10.7 Å². The molecule has 24 heavy (non-hydrogen) atoms. The summed E-state index contributed by atoms with van der Waals surface area (Å²) in [6, 6.07) is 13.8. The van der Waals surface area contributed by atoms with Crippen LogP contribution in [0.1, 0.15) is 5.56 Å². The molecule has 0 radical (unpaired) electrons. The highest BCUT2D eigenvalue weighted by Gasteiger charge is 2.22. The second-order valence-electron chi connectivity index (χ2n) is 5.02. The molecule has 0 atom stereocenters. The molecule has 0 aliphatic rings. The number of amides is 2. The highest BCUT2D eigenvalue weighted by atomic mass is 35.5. The number of rotatable bonds is 5. The van der Waals surface area contributed by atoms with Gasteiger partial charge in [0.1, 0.15) is 0 Å². The maximum atomic E-state index is 12.3. The number of anilines is 1. The van der Waals surface area contributed by atoms with Gasteiger partial charge in [-0.3, -0.25) is 9.59 Å². The number of nitrogens with one attached hydrogen (secondary N) is 1. The van der Waals surface area contributed by atoms with Crippen molar-refractivity contribution in [1.82, 2.24) is 4.90 Å². The molecule has 7 heteroatoms. The lowest BCUT2D eigenvalue weighted by Crippen LogP contribution is -2.40. The van der Waals surface area contributed by atoms with Crippen LogP contribution in [0, 0.1) is 0 Å². The SMILES string of the molecule is O=C(Nc1ccc(Cl)c(Cl)c1)C(=O)N(CCO)Cc1ccccc1. The third-order valence-electron chi connectivity index (χ3n) is 3.25. The van der Waals surface area contributed by atoms with Crippen LogP contribution >= 0.6 is 23.2 Å². The molecule has 2 aromatic carbocycles. The largest absolute Gasteiger partial charge is 0.395 e. The molecule has 0 aliphatic carbocycles. The molecule has 0 fully saturated rings. The number of carbonyl (C=O) groups is 2. The number of carbonyl (C=O) groups excluding carboxylic acids is 2. The standard InChI is InChI=1S/C17H16Cl2N2O3/c18-14-7-6-13(10-15(14)19)20-16(23)17(24)21(8-9-22)11-12-4-2-1-3-5-12/h1-7,10,22H,8-9,11H2,(H,20,23). The molecular formula is C17H16Cl2N2O3. The van der Waals surface area contributed by atoms with Gasteiger partial charge in [-0.05, 0) is 23.8 Å². The van der Waals surface area contributed by atoms with E-state index in [1.165, 1.54) is 17.0 Å². The van der Waals surface area contributed by atoms with Crippen molar-refractivity contribution in [2.45, 2.75) is 6.54 Å². The van der Waals surface area contributed by atoms with Crippen molar-refractivity contribution < 1.29 is 14.7 Å². The van der Waals surface area contributed by atoms with E-state index < -0.39 is 11.8 Å². The van der Waals surface area contributed by atoms with Crippen LogP contribution in [0.15, 0.2) is 48.5 Å². The number of benzene rings is 2. The maximum Gasteiger partial charge on any atom is 0.313 e. The Morgan fingerprint density at radius 3 is 2.38 bits per heavy atom. The van der Waals surface area contributed by atoms with Crippen LogP contribution in [0.25, 0.3) is 0 Å². The van der Waals surface area contributed by atoms with Crippen LogP contribution in [0.2, 0.25) is 10.0 Å². The van der Waals surface area contributed by atoms with E-state index in [4.69, 9.17) is 28.3 Å². The van der Waals surface area contributed by atoms with Crippen molar-refractivity contribution >= 4 is 40.7 Å². The summed E-state index contributed by atoms with van der Waals surface area (Å²) in [5.74, 6) is -1.54. The lowest BCUT2D eigenvalue weighted by Gasteiger charge is -2.21. The minimum atomic E-state index is -0.808. The first-order valence-electron chi connectivity index (χ1n) is 7.21. The molecule has 0 bridgehead atoms. The summed E-state index contributed by atoms with van der Waals surface area (Å²) in [4.78, 5) is 25.8. The second-order valence-corrected chi connectivity index (χ2v) is 5.83. The Labute approximate surface area is 149 Å². The zero-order valence-electron chi connectivity index (χ0n) is 12.7. The highest BCUT2D eigenvalue weighted by Crippen LogP contribution is 2.25. The summed E-state index contributed by atoms with van der Waals surface area (Å²) in [7, 11) is 0. The van der Waals surface area contributed by atoms with E-state index in [2.05, 4.69) is 5.32 Å². The molecule has 2 amide bonds. The summed E-state index contributed by atoms with van der Waals surface area (Å²) in [5, 5.41) is 12.3. The number of nitrogens with zero attached hydrogens (tertiary/aromatic N) is 1. The molecule has 5 nitrogen and oxygen atoms in total. The van der Waals surface area contributed by atoms with Crippen LogP contribution in [0.5, 0.6) is 0 Å². The summed E-state index contributed by atoms with van der Waals surface area (Å²) < 4.78 is 0. The van der Waals surface area contributed by atoms with Gasteiger partial charge >= 0.3 is 11.8 Å². The zero-order chi connectivity index (χ0) is 17.5. The number of aliphatic hydroxyl groups is 1. The van der Waals surface area contributed by atoms with Gasteiger partial charge in [-0.15, -0.1) is 0 Å². The molecule has 0 spiro atoms. The van der Waals surface area contributed by atoms with E-state index in [0.717, 1.165) is 5.56 Å². The number of hydrogen-bond acceptors (Lipinski definition) is 3. The fourth-order valence-electron chi connectivity index (χ4n) is 2.08. The van der Waals surface area contributed by atoms with E-state index >= 15 is 0 Å².